The van der Waals surface area contributed by atoms with Crippen LogP contribution in [0.4, 0.5) is 29.3 Å². The molecule has 0 saturated heterocycles. The highest BCUT2D eigenvalue weighted by Gasteiger charge is 2.33. The summed E-state index contributed by atoms with van der Waals surface area (Å²) in [5.41, 5.74) is 1.03. The lowest BCUT2D eigenvalue weighted by Gasteiger charge is -2.19. The molecule has 0 aliphatic rings. The molecular weight excluding hydrogens is 409 g/mol. The van der Waals surface area contributed by atoms with Crippen LogP contribution in [0.2, 0.25) is 0 Å². The van der Waals surface area contributed by atoms with E-state index in [-0.39, 0.29) is 5.69 Å². The largest absolute Gasteiger partial charge is 0.494 e. The molecular formula is C22H25F3N4O2. The predicted octanol–water partition coefficient (Wildman–Crippen LogP) is 6.07. The van der Waals surface area contributed by atoms with Crippen LogP contribution in [0.15, 0.2) is 48.7 Å². The summed E-state index contributed by atoms with van der Waals surface area (Å²) in [6, 6.07) is 9.01. The first-order valence-corrected chi connectivity index (χ1v) is 9.86. The molecule has 0 bridgehead atoms. The molecule has 0 saturated carbocycles. The summed E-state index contributed by atoms with van der Waals surface area (Å²) in [6.07, 6.45) is -0.552. The van der Waals surface area contributed by atoms with E-state index >= 15 is 0 Å². The van der Waals surface area contributed by atoms with E-state index in [1.165, 1.54) is 25.3 Å². The van der Waals surface area contributed by atoms with E-state index in [0.29, 0.717) is 17.4 Å². The number of nitrogens with zero attached hydrogens (tertiary/aromatic N) is 1. The van der Waals surface area contributed by atoms with Crippen molar-refractivity contribution < 1.29 is 22.7 Å². The number of methoxy groups -OCH3 is 1. The maximum Gasteiger partial charge on any atom is 0.418 e. The molecule has 0 atom stereocenters. The van der Waals surface area contributed by atoms with Gasteiger partial charge in [-0.2, -0.15) is 13.2 Å². The van der Waals surface area contributed by atoms with Gasteiger partial charge in [-0.05, 0) is 43.0 Å². The number of amides is 2. The van der Waals surface area contributed by atoms with Gasteiger partial charge in [0, 0.05) is 18.0 Å². The summed E-state index contributed by atoms with van der Waals surface area (Å²) in [6.45, 7) is 4.34. The molecule has 31 heavy (non-hydrogen) atoms. The van der Waals surface area contributed by atoms with Crippen molar-refractivity contribution in [3.05, 3.63) is 59.9 Å². The predicted molar refractivity (Wildman–Crippen MR) is 114 cm³/mol. The average molecular weight is 434 g/mol. The molecule has 0 aliphatic carbocycles. The summed E-state index contributed by atoms with van der Waals surface area (Å²) in [5, 5.41) is 8.03. The van der Waals surface area contributed by atoms with Gasteiger partial charge in [-0.1, -0.05) is 26.0 Å². The minimum absolute atomic E-state index is 0.320. The van der Waals surface area contributed by atoms with E-state index in [1.807, 2.05) is 10.9 Å². The Kier molecular flexibility index (Phi) is 6.62. The first kappa shape index (κ1) is 22.3. The molecule has 6 nitrogen and oxygen atoms in total. The van der Waals surface area contributed by atoms with Crippen LogP contribution in [-0.4, -0.2) is 22.9 Å². The van der Waals surface area contributed by atoms with E-state index in [0.717, 1.165) is 30.3 Å². The van der Waals surface area contributed by atoms with Gasteiger partial charge in [-0.3, -0.25) is 9.78 Å². The second kappa shape index (κ2) is 9.20. The average Bonchev–Trinajstić information content (AvgIpc) is 2.66. The maximum absolute atomic E-state index is 13.1. The van der Waals surface area contributed by atoms with Crippen molar-refractivity contribution in [3.8, 4) is 11.4 Å². The number of anilines is 2. The summed E-state index contributed by atoms with van der Waals surface area (Å²) in [4.78, 5) is 12.3. The Morgan fingerprint density at radius 2 is 1.87 bits per heavy atom. The number of aromatic nitrogens is 2. The van der Waals surface area contributed by atoms with Crippen molar-refractivity contribution in [3.63, 3.8) is 0 Å². The standard InChI is InChI=1S/C22H25F3N4O2/c1-14(2)8-9-16-13-29(28-16)19-11-10-15(12-20(19)31-3)26-21(30)27-18-7-5-4-6-17(18)22(23,24)25/h4-7,10-14,28H,8-9H2,1-3H3,(H2,26,27,30). The van der Waals surface area contributed by atoms with Crippen LogP contribution in [-0.2, 0) is 12.6 Å². The minimum Gasteiger partial charge on any atom is -0.494 e. The molecule has 3 rings (SSSR count). The molecule has 0 unspecified atom stereocenters. The van der Waals surface area contributed by atoms with Gasteiger partial charge < -0.3 is 15.4 Å². The van der Waals surface area contributed by atoms with Crippen LogP contribution < -0.4 is 15.4 Å². The lowest BCUT2D eigenvalue weighted by molar-refractivity contribution is -0.136. The van der Waals surface area contributed by atoms with Crippen LogP contribution in [0.25, 0.3) is 5.69 Å². The Balaban J connectivity index is 1.69. The van der Waals surface area contributed by atoms with E-state index in [9.17, 15) is 18.0 Å². The fourth-order valence-corrected chi connectivity index (χ4v) is 3.08. The van der Waals surface area contributed by atoms with E-state index in [1.54, 1.807) is 18.2 Å². The zero-order valence-corrected chi connectivity index (χ0v) is 17.5. The van der Waals surface area contributed by atoms with E-state index in [4.69, 9.17) is 4.74 Å². The number of alkyl halides is 3. The van der Waals surface area contributed by atoms with Gasteiger partial charge in [-0.15, -0.1) is 0 Å². The van der Waals surface area contributed by atoms with Crippen LogP contribution in [0, 0.1) is 5.92 Å². The fourth-order valence-electron chi connectivity index (χ4n) is 3.08. The molecule has 0 fully saturated rings. The number of ether oxygens (including phenoxy) is 1. The maximum atomic E-state index is 13.1. The lowest BCUT2D eigenvalue weighted by atomic mass is 10.1. The van der Waals surface area contributed by atoms with Gasteiger partial charge in [-0.25, -0.2) is 4.79 Å². The number of rotatable bonds is 7. The number of carbonyl (C=O) groups excluding carboxylic acids is 1. The van der Waals surface area contributed by atoms with Gasteiger partial charge in [0.1, 0.15) is 11.4 Å². The molecule has 3 N–H and O–H groups in total. The Morgan fingerprint density at radius 3 is 2.52 bits per heavy atom. The van der Waals surface area contributed by atoms with E-state index < -0.39 is 17.8 Å². The van der Waals surface area contributed by atoms with Crippen molar-refractivity contribution in [2.45, 2.75) is 32.9 Å². The fraction of sp³-hybridized carbons (Fsp3) is 0.318. The number of aromatic amines is 1. The molecule has 166 valence electrons. The van der Waals surface area contributed by atoms with Crippen molar-refractivity contribution >= 4 is 17.4 Å². The number of halogens is 3. The third-order valence-electron chi connectivity index (χ3n) is 4.72. The number of hydrogen-bond donors (Lipinski definition) is 3. The summed E-state index contributed by atoms with van der Waals surface area (Å²) < 4.78 is 46.5. The smallest absolute Gasteiger partial charge is 0.418 e. The van der Waals surface area contributed by atoms with Gasteiger partial charge in [0.2, 0.25) is 0 Å². The molecule has 1 heterocycles. The molecule has 0 aliphatic heterocycles. The number of urea groups is 1. The number of hydrogen-bond acceptors (Lipinski definition) is 2. The van der Waals surface area contributed by atoms with Crippen LogP contribution in [0.5, 0.6) is 5.75 Å². The molecule has 0 radical (unpaired) electrons. The number of nitrogens with one attached hydrogen (secondary N) is 3. The van der Waals surface area contributed by atoms with E-state index in [2.05, 4.69) is 29.6 Å². The summed E-state index contributed by atoms with van der Waals surface area (Å²) in [5.74, 6) is 1.12. The minimum atomic E-state index is -4.57. The summed E-state index contributed by atoms with van der Waals surface area (Å²) >= 11 is 0. The second-order valence-electron chi connectivity index (χ2n) is 7.58. The molecule has 9 heteroatoms. The highest BCUT2D eigenvalue weighted by Crippen LogP contribution is 2.34. The number of para-hydroxylation sites is 1. The SMILES string of the molecule is COc1cc(NC(=O)Nc2ccccc2C(F)(F)F)ccc1-n1cc(CCC(C)C)[nH]1. The Hall–Kier alpha value is -3.36. The topological polar surface area (TPSA) is 71.1 Å². The van der Waals surface area contributed by atoms with Crippen LogP contribution >= 0.6 is 0 Å². The normalized spacial score (nSPS) is 11.6. The Morgan fingerprint density at radius 1 is 1.16 bits per heavy atom. The molecule has 3 aromatic rings. The lowest BCUT2D eigenvalue weighted by Crippen LogP contribution is -2.22. The van der Waals surface area contributed by atoms with Crippen LogP contribution in [0.3, 0.4) is 0 Å². The third-order valence-corrected chi connectivity index (χ3v) is 4.72. The Labute approximate surface area is 178 Å². The molecule has 2 aromatic carbocycles. The van der Waals surface area contributed by atoms with Crippen molar-refractivity contribution in [2.75, 3.05) is 17.7 Å². The van der Waals surface area contributed by atoms with Gasteiger partial charge >= 0.3 is 12.2 Å². The number of H-pyrrole nitrogens is 1. The summed E-state index contributed by atoms with van der Waals surface area (Å²) in [7, 11) is 1.51. The Bertz CT molecular complexity index is 1030. The van der Waals surface area contributed by atoms with Gasteiger partial charge in [0.05, 0.1) is 24.1 Å². The highest BCUT2D eigenvalue weighted by atomic mass is 19.4. The first-order chi connectivity index (χ1) is 14.7. The van der Waals surface area contributed by atoms with Crippen molar-refractivity contribution in [2.24, 2.45) is 5.92 Å². The zero-order chi connectivity index (χ0) is 22.6. The quantitative estimate of drug-likeness (QED) is 0.423. The molecule has 1 aromatic heterocycles. The van der Waals surface area contributed by atoms with Gasteiger partial charge in [0.15, 0.2) is 0 Å². The third kappa shape index (κ3) is 5.62. The highest BCUT2D eigenvalue weighted by molar-refractivity contribution is 6.00. The number of carbonyl (C=O) groups is 1. The molecule has 2 amide bonds. The van der Waals surface area contributed by atoms with Crippen molar-refractivity contribution in [1.29, 1.82) is 0 Å². The first-order valence-electron chi connectivity index (χ1n) is 9.86. The number of benzene rings is 2. The van der Waals surface area contributed by atoms with Gasteiger partial charge in [0.25, 0.3) is 0 Å². The van der Waals surface area contributed by atoms with Crippen LogP contribution in [0.1, 0.15) is 31.5 Å². The molecule has 0 spiro atoms. The van der Waals surface area contributed by atoms with Crippen molar-refractivity contribution in [1.82, 2.24) is 9.78 Å². The zero-order valence-electron chi connectivity index (χ0n) is 17.5. The monoisotopic (exact) mass is 434 g/mol. The second-order valence-corrected chi connectivity index (χ2v) is 7.58. The number of aryl methyl sites for hydroxylation is 1.